The van der Waals surface area contributed by atoms with Crippen molar-refractivity contribution in [3.63, 3.8) is 0 Å². The van der Waals surface area contributed by atoms with E-state index >= 15 is 0 Å². The van der Waals surface area contributed by atoms with E-state index in [-0.39, 0.29) is 0 Å². The molecule has 0 aromatic heterocycles. The average molecular weight is 345 g/mol. The maximum absolute atomic E-state index is 5.69. The third-order valence-corrected chi connectivity index (χ3v) is 3.78. The van der Waals surface area contributed by atoms with Gasteiger partial charge < -0.3 is 20.1 Å². The summed E-state index contributed by atoms with van der Waals surface area (Å²) in [4.78, 5) is 2.27. The van der Waals surface area contributed by atoms with Gasteiger partial charge >= 0.3 is 0 Å². The molecule has 1 aromatic carbocycles. The molecule has 0 aliphatic rings. The van der Waals surface area contributed by atoms with Crippen LogP contribution in [-0.2, 0) is 16.0 Å². The first-order valence-electron chi connectivity index (χ1n) is 7.11. The molecule has 0 heterocycles. The Morgan fingerprint density at radius 3 is 2.15 bits per heavy atom. The third kappa shape index (κ3) is 5.79. The van der Waals surface area contributed by atoms with Crippen LogP contribution in [0.15, 0.2) is 22.7 Å². The van der Waals surface area contributed by atoms with Crippen LogP contribution in [0.4, 0.5) is 5.69 Å². The summed E-state index contributed by atoms with van der Waals surface area (Å²) in [6.45, 7) is 9.21. The van der Waals surface area contributed by atoms with Gasteiger partial charge in [-0.25, -0.2) is 0 Å². The molecule has 20 heavy (non-hydrogen) atoms. The lowest BCUT2D eigenvalue weighted by molar-refractivity contribution is 0.141. The number of nitrogens with zero attached hydrogens (tertiary/aromatic N) is 1. The summed E-state index contributed by atoms with van der Waals surface area (Å²) in [5, 5.41) is 0. The number of hydrogen-bond donors (Lipinski definition) is 1. The van der Waals surface area contributed by atoms with Crippen molar-refractivity contribution in [2.75, 3.05) is 44.4 Å². The van der Waals surface area contributed by atoms with Crippen molar-refractivity contribution in [3.8, 4) is 0 Å². The number of anilines is 1. The van der Waals surface area contributed by atoms with Crippen LogP contribution in [0.2, 0.25) is 0 Å². The van der Waals surface area contributed by atoms with Crippen molar-refractivity contribution in [3.05, 3.63) is 28.2 Å². The fourth-order valence-electron chi connectivity index (χ4n) is 1.91. The molecular weight excluding hydrogens is 320 g/mol. The molecule has 1 aromatic rings. The van der Waals surface area contributed by atoms with E-state index in [2.05, 4.69) is 39.0 Å². The van der Waals surface area contributed by atoms with Crippen molar-refractivity contribution in [1.82, 2.24) is 0 Å². The number of ether oxygens (including phenoxy) is 2. The van der Waals surface area contributed by atoms with Gasteiger partial charge in [0.15, 0.2) is 0 Å². The molecule has 0 atom stereocenters. The lowest BCUT2D eigenvalue weighted by atomic mass is 10.2. The van der Waals surface area contributed by atoms with E-state index in [9.17, 15) is 0 Å². The molecule has 0 amide bonds. The Morgan fingerprint density at radius 1 is 1.10 bits per heavy atom. The van der Waals surface area contributed by atoms with E-state index in [1.807, 2.05) is 13.8 Å². The zero-order chi connectivity index (χ0) is 14.8. The number of rotatable bonds is 10. The molecule has 1 rings (SSSR count). The van der Waals surface area contributed by atoms with Crippen molar-refractivity contribution >= 4 is 21.6 Å². The number of benzene rings is 1. The summed E-state index contributed by atoms with van der Waals surface area (Å²) >= 11 is 3.57. The normalized spacial score (nSPS) is 10.8. The van der Waals surface area contributed by atoms with Gasteiger partial charge in [0.1, 0.15) is 0 Å². The monoisotopic (exact) mass is 344 g/mol. The van der Waals surface area contributed by atoms with Gasteiger partial charge in [-0.15, -0.1) is 0 Å². The molecule has 0 aliphatic heterocycles. The van der Waals surface area contributed by atoms with Gasteiger partial charge in [0.05, 0.1) is 13.2 Å². The molecular formula is C15H25BrN2O2. The topological polar surface area (TPSA) is 47.7 Å². The molecule has 114 valence electrons. The average Bonchev–Trinajstić information content (AvgIpc) is 2.46. The van der Waals surface area contributed by atoms with Crippen LogP contribution in [0.3, 0.4) is 0 Å². The number of hydrogen-bond acceptors (Lipinski definition) is 4. The van der Waals surface area contributed by atoms with Crippen LogP contribution in [0.1, 0.15) is 19.4 Å². The van der Waals surface area contributed by atoms with Gasteiger partial charge in [-0.05, 0) is 31.5 Å². The zero-order valence-electron chi connectivity index (χ0n) is 12.4. The second-order valence-corrected chi connectivity index (χ2v) is 5.22. The predicted molar refractivity (Wildman–Crippen MR) is 87.2 cm³/mol. The number of nitrogens with two attached hydrogens (primary N) is 1. The number of halogens is 1. The summed E-state index contributed by atoms with van der Waals surface area (Å²) in [7, 11) is 0. The molecule has 4 nitrogen and oxygen atoms in total. The van der Waals surface area contributed by atoms with Crippen molar-refractivity contribution in [1.29, 1.82) is 0 Å². The molecule has 0 aliphatic carbocycles. The van der Waals surface area contributed by atoms with E-state index in [0.717, 1.165) is 55.2 Å². The summed E-state index contributed by atoms with van der Waals surface area (Å²) in [5.41, 5.74) is 7.96. The van der Waals surface area contributed by atoms with Crippen LogP contribution >= 0.6 is 15.9 Å². The van der Waals surface area contributed by atoms with Crippen LogP contribution in [0.25, 0.3) is 0 Å². The SMILES string of the molecule is CCOCCN(CCOCC)c1ccc(CN)c(Br)c1. The van der Waals surface area contributed by atoms with E-state index in [1.54, 1.807) is 0 Å². The van der Waals surface area contributed by atoms with Crippen LogP contribution in [-0.4, -0.2) is 39.5 Å². The highest BCUT2D eigenvalue weighted by Crippen LogP contribution is 2.24. The molecule has 0 fully saturated rings. The molecule has 0 unspecified atom stereocenters. The van der Waals surface area contributed by atoms with Crippen molar-refractivity contribution in [2.45, 2.75) is 20.4 Å². The van der Waals surface area contributed by atoms with Gasteiger partial charge in [0, 0.05) is 43.0 Å². The maximum atomic E-state index is 5.69. The summed E-state index contributed by atoms with van der Waals surface area (Å²) in [6, 6.07) is 6.28. The molecule has 5 heteroatoms. The highest BCUT2D eigenvalue weighted by molar-refractivity contribution is 9.10. The molecule has 0 radical (unpaired) electrons. The Balaban J connectivity index is 2.71. The fourth-order valence-corrected chi connectivity index (χ4v) is 2.44. The highest BCUT2D eigenvalue weighted by Gasteiger charge is 2.08. The fraction of sp³-hybridized carbons (Fsp3) is 0.600. The second kappa shape index (κ2) is 10.2. The standard InChI is InChI=1S/C15H25BrN2O2/c1-3-19-9-7-18(8-10-20-4-2)14-6-5-13(12-17)15(16)11-14/h5-6,11H,3-4,7-10,12,17H2,1-2H3. The minimum Gasteiger partial charge on any atom is -0.380 e. The van der Waals surface area contributed by atoms with E-state index in [4.69, 9.17) is 15.2 Å². The molecule has 0 saturated carbocycles. The second-order valence-electron chi connectivity index (χ2n) is 4.36. The lowest BCUT2D eigenvalue weighted by Gasteiger charge is -2.25. The Labute approximate surface area is 130 Å². The van der Waals surface area contributed by atoms with Crippen LogP contribution in [0.5, 0.6) is 0 Å². The lowest BCUT2D eigenvalue weighted by Crippen LogP contribution is -2.31. The largest absolute Gasteiger partial charge is 0.380 e. The first-order chi connectivity index (χ1) is 9.72. The predicted octanol–water partition coefficient (Wildman–Crippen LogP) is 2.79. The van der Waals surface area contributed by atoms with Gasteiger partial charge in [0.2, 0.25) is 0 Å². The quantitative estimate of drug-likeness (QED) is 0.663. The summed E-state index contributed by atoms with van der Waals surface area (Å²) in [6.07, 6.45) is 0. The minimum atomic E-state index is 0.540. The minimum absolute atomic E-state index is 0.540. The van der Waals surface area contributed by atoms with Gasteiger partial charge in [-0.2, -0.15) is 0 Å². The Bertz CT molecular complexity index is 378. The van der Waals surface area contributed by atoms with Gasteiger partial charge in [-0.3, -0.25) is 0 Å². The Morgan fingerprint density at radius 2 is 1.70 bits per heavy atom. The maximum Gasteiger partial charge on any atom is 0.0641 e. The first-order valence-corrected chi connectivity index (χ1v) is 7.91. The molecule has 0 saturated heterocycles. The summed E-state index contributed by atoms with van der Waals surface area (Å²) in [5.74, 6) is 0. The molecule has 0 spiro atoms. The first kappa shape index (κ1) is 17.4. The summed E-state index contributed by atoms with van der Waals surface area (Å²) < 4.78 is 12.0. The zero-order valence-corrected chi connectivity index (χ0v) is 14.0. The highest BCUT2D eigenvalue weighted by atomic mass is 79.9. The third-order valence-electron chi connectivity index (χ3n) is 3.04. The van der Waals surface area contributed by atoms with Crippen LogP contribution < -0.4 is 10.6 Å². The van der Waals surface area contributed by atoms with E-state index < -0.39 is 0 Å². The van der Waals surface area contributed by atoms with Crippen molar-refractivity contribution in [2.24, 2.45) is 5.73 Å². The Kier molecular flexibility index (Phi) is 8.85. The van der Waals surface area contributed by atoms with E-state index in [1.165, 1.54) is 0 Å². The van der Waals surface area contributed by atoms with Crippen molar-refractivity contribution < 1.29 is 9.47 Å². The Hall–Kier alpha value is -0.620. The van der Waals surface area contributed by atoms with E-state index in [0.29, 0.717) is 6.54 Å². The van der Waals surface area contributed by atoms with Crippen LogP contribution in [0, 0.1) is 0 Å². The van der Waals surface area contributed by atoms with Gasteiger partial charge in [-0.1, -0.05) is 22.0 Å². The van der Waals surface area contributed by atoms with Gasteiger partial charge in [0.25, 0.3) is 0 Å². The molecule has 2 N–H and O–H groups in total. The molecule has 0 bridgehead atoms. The smallest absolute Gasteiger partial charge is 0.0641 e.